The van der Waals surface area contributed by atoms with Crippen molar-refractivity contribution in [3.63, 3.8) is 0 Å². The summed E-state index contributed by atoms with van der Waals surface area (Å²) in [7, 11) is 1.64. The van der Waals surface area contributed by atoms with Gasteiger partial charge in [0, 0.05) is 0 Å². The molecule has 0 aliphatic carbocycles. The Hall–Kier alpha value is -2.31. The molecule has 0 fully saturated rings. The number of benzene rings is 2. The van der Waals surface area contributed by atoms with Crippen LogP contribution in [-0.4, -0.2) is 12.2 Å². The smallest absolute Gasteiger partial charge is 0.118 e. The first-order valence-corrected chi connectivity index (χ1v) is 6.91. The number of rotatable bonds is 5. The molecule has 108 valence electrons. The van der Waals surface area contributed by atoms with Crippen LogP contribution in [0.3, 0.4) is 0 Å². The SMILES string of the molecule is COc1ccc(CCC(C)(O)c2ccc(C#N)cc2)cc1. The molecule has 0 saturated carbocycles. The fourth-order valence-corrected chi connectivity index (χ4v) is 2.23. The molecule has 21 heavy (non-hydrogen) atoms. The number of methoxy groups -OCH3 is 1. The summed E-state index contributed by atoms with van der Waals surface area (Å²) >= 11 is 0. The van der Waals surface area contributed by atoms with Gasteiger partial charge in [0.25, 0.3) is 0 Å². The van der Waals surface area contributed by atoms with Crippen LogP contribution in [-0.2, 0) is 12.0 Å². The number of aliphatic hydroxyl groups is 1. The van der Waals surface area contributed by atoms with Gasteiger partial charge in [0.2, 0.25) is 0 Å². The van der Waals surface area contributed by atoms with E-state index in [1.165, 1.54) is 0 Å². The molecule has 0 amide bonds. The van der Waals surface area contributed by atoms with Crippen LogP contribution in [0.1, 0.15) is 30.0 Å². The third-order valence-electron chi connectivity index (χ3n) is 3.70. The molecule has 1 atom stereocenters. The van der Waals surface area contributed by atoms with Crippen LogP contribution in [0.4, 0.5) is 0 Å². The van der Waals surface area contributed by atoms with Crippen LogP contribution in [0.2, 0.25) is 0 Å². The zero-order valence-electron chi connectivity index (χ0n) is 12.3. The second-order valence-corrected chi connectivity index (χ2v) is 5.31. The van der Waals surface area contributed by atoms with Crippen LogP contribution in [0, 0.1) is 11.3 Å². The van der Waals surface area contributed by atoms with Crippen molar-refractivity contribution in [1.82, 2.24) is 0 Å². The average molecular weight is 281 g/mol. The van der Waals surface area contributed by atoms with Gasteiger partial charge in [-0.25, -0.2) is 0 Å². The fourth-order valence-electron chi connectivity index (χ4n) is 2.23. The van der Waals surface area contributed by atoms with Gasteiger partial charge in [0.05, 0.1) is 24.3 Å². The number of nitriles is 1. The minimum Gasteiger partial charge on any atom is -0.497 e. The van der Waals surface area contributed by atoms with Crippen molar-refractivity contribution in [3.05, 3.63) is 65.2 Å². The maximum Gasteiger partial charge on any atom is 0.118 e. The van der Waals surface area contributed by atoms with Crippen LogP contribution >= 0.6 is 0 Å². The van der Waals surface area contributed by atoms with Gasteiger partial charge in [0.15, 0.2) is 0 Å². The molecule has 3 nitrogen and oxygen atoms in total. The van der Waals surface area contributed by atoms with Crippen molar-refractivity contribution in [2.24, 2.45) is 0 Å². The molecule has 0 saturated heterocycles. The van der Waals surface area contributed by atoms with E-state index in [2.05, 4.69) is 6.07 Å². The second-order valence-electron chi connectivity index (χ2n) is 5.31. The summed E-state index contributed by atoms with van der Waals surface area (Å²) in [6.45, 7) is 1.80. The second kappa shape index (κ2) is 6.43. The lowest BCUT2D eigenvalue weighted by atomic mass is 9.89. The van der Waals surface area contributed by atoms with E-state index >= 15 is 0 Å². The summed E-state index contributed by atoms with van der Waals surface area (Å²) in [5.74, 6) is 0.831. The molecule has 0 spiro atoms. The summed E-state index contributed by atoms with van der Waals surface area (Å²) < 4.78 is 5.13. The maximum absolute atomic E-state index is 10.6. The number of nitrogens with zero attached hydrogens (tertiary/aromatic N) is 1. The lowest BCUT2D eigenvalue weighted by Gasteiger charge is -2.24. The summed E-state index contributed by atoms with van der Waals surface area (Å²) in [5.41, 5.74) is 1.68. The van der Waals surface area contributed by atoms with Crippen molar-refractivity contribution in [2.45, 2.75) is 25.4 Å². The number of hydrogen-bond donors (Lipinski definition) is 1. The third kappa shape index (κ3) is 3.84. The highest BCUT2D eigenvalue weighted by atomic mass is 16.5. The lowest BCUT2D eigenvalue weighted by molar-refractivity contribution is 0.0480. The van der Waals surface area contributed by atoms with E-state index in [1.807, 2.05) is 36.4 Å². The van der Waals surface area contributed by atoms with Gasteiger partial charge in [-0.05, 0) is 55.2 Å². The van der Waals surface area contributed by atoms with E-state index < -0.39 is 5.60 Å². The van der Waals surface area contributed by atoms with Gasteiger partial charge in [-0.2, -0.15) is 5.26 Å². The Morgan fingerprint density at radius 3 is 2.24 bits per heavy atom. The van der Waals surface area contributed by atoms with Crippen LogP contribution in [0.5, 0.6) is 5.75 Å². The van der Waals surface area contributed by atoms with Crippen molar-refractivity contribution in [3.8, 4) is 11.8 Å². The van der Waals surface area contributed by atoms with E-state index in [0.29, 0.717) is 12.0 Å². The number of ether oxygens (including phenoxy) is 1. The van der Waals surface area contributed by atoms with E-state index in [9.17, 15) is 5.11 Å². The van der Waals surface area contributed by atoms with Crippen molar-refractivity contribution in [1.29, 1.82) is 5.26 Å². The Morgan fingerprint density at radius 2 is 1.71 bits per heavy atom. The quantitative estimate of drug-likeness (QED) is 0.913. The topological polar surface area (TPSA) is 53.2 Å². The Bertz CT molecular complexity index is 622. The summed E-state index contributed by atoms with van der Waals surface area (Å²) in [6.07, 6.45) is 1.39. The zero-order chi connectivity index (χ0) is 15.3. The fraction of sp³-hybridized carbons (Fsp3) is 0.278. The van der Waals surface area contributed by atoms with Gasteiger partial charge in [-0.3, -0.25) is 0 Å². The molecule has 2 aromatic carbocycles. The molecule has 0 aromatic heterocycles. The molecular formula is C18H19NO2. The first kappa shape index (κ1) is 15.1. The van der Waals surface area contributed by atoms with Crippen molar-refractivity contribution >= 4 is 0 Å². The summed E-state index contributed by atoms with van der Waals surface area (Å²) in [4.78, 5) is 0. The monoisotopic (exact) mass is 281 g/mol. The first-order valence-electron chi connectivity index (χ1n) is 6.91. The Labute approximate surface area is 125 Å². The molecule has 0 heterocycles. The number of aryl methyl sites for hydroxylation is 1. The zero-order valence-corrected chi connectivity index (χ0v) is 12.3. The van der Waals surface area contributed by atoms with E-state index in [-0.39, 0.29) is 0 Å². The molecule has 0 bridgehead atoms. The standard InChI is InChI=1S/C18H19NO2/c1-18(20,16-7-3-15(13-19)4-8-16)12-11-14-5-9-17(21-2)10-6-14/h3-10,20H,11-12H2,1-2H3. The predicted octanol–water partition coefficient (Wildman–Crippen LogP) is 3.41. The molecule has 2 rings (SSSR count). The maximum atomic E-state index is 10.6. The lowest BCUT2D eigenvalue weighted by Crippen LogP contribution is -2.21. The van der Waals surface area contributed by atoms with E-state index in [4.69, 9.17) is 10.00 Å². The Balaban J connectivity index is 2.04. The van der Waals surface area contributed by atoms with Crippen molar-refractivity contribution < 1.29 is 9.84 Å². The van der Waals surface area contributed by atoms with Gasteiger partial charge in [0.1, 0.15) is 5.75 Å². The highest BCUT2D eigenvalue weighted by Crippen LogP contribution is 2.27. The molecule has 1 unspecified atom stereocenters. The molecule has 0 aliphatic heterocycles. The van der Waals surface area contributed by atoms with Crippen LogP contribution in [0.15, 0.2) is 48.5 Å². The van der Waals surface area contributed by atoms with E-state index in [0.717, 1.165) is 23.3 Å². The molecule has 2 aromatic rings. The first-order chi connectivity index (χ1) is 10.0. The third-order valence-corrected chi connectivity index (χ3v) is 3.70. The van der Waals surface area contributed by atoms with E-state index in [1.54, 1.807) is 26.2 Å². The average Bonchev–Trinajstić information content (AvgIpc) is 2.53. The van der Waals surface area contributed by atoms with Gasteiger partial charge < -0.3 is 9.84 Å². The van der Waals surface area contributed by atoms with Gasteiger partial charge in [-0.15, -0.1) is 0 Å². The Kier molecular flexibility index (Phi) is 4.62. The summed E-state index contributed by atoms with van der Waals surface area (Å²) in [6, 6.07) is 17.0. The predicted molar refractivity (Wildman–Crippen MR) is 82.0 cm³/mol. The largest absolute Gasteiger partial charge is 0.497 e. The minimum atomic E-state index is -0.909. The highest BCUT2D eigenvalue weighted by Gasteiger charge is 2.22. The summed E-state index contributed by atoms with van der Waals surface area (Å²) in [5, 5.41) is 19.4. The van der Waals surface area contributed by atoms with Gasteiger partial charge in [-0.1, -0.05) is 24.3 Å². The highest BCUT2D eigenvalue weighted by molar-refractivity contribution is 5.34. The minimum absolute atomic E-state index is 0.602. The van der Waals surface area contributed by atoms with Crippen molar-refractivity contribution in [2.75, 3.05) is 7.11 Å². The normalized spacial score (nSPS) is 13.2. The Morgan fingerprint density at radius 1 is 1.10 bits per heavy atom. The van der Waals surface area contributed by atoms with Gasteiger partial charge >= 0.3 is 0 Å². The molecule has 3 heteroatoms. The molecule has 0 aliphatic rings. The molecule has 1 N–H and O–H groups in total. The van der Waals surface area contributed by atoms with Crippen LogP contribution in [0.25, 0.3) is 0 Å². The molecule has 0 radical (unpaired) electrons. The number of hydrogen-bond acceptors (Lipinski definition) is 3. The molecular weight excluding hydrogens is 262 g/mol. The van der Waals surface area contributed by atoms with Crippen LogP contribution < -0.4 is 4.74 Å².